The van der Waals surface area contributed by atoms with Crippen molar-refractivity contribution < 1.29 is 14.0 Å². The molecular formula is C21H40O3Si. The van der Waals surface area contributed by atoms with E-state index < -0.39 is 8.32 Å². The smallest absolute Gasteiger partial charge is 0.305 e. The van der Waals surface area contributed by atoms with Crippen molar-refractivity contribution >= 4 is 14.3 Å². The highest BCUT2D eigenvalue weighted by Gasteiger charge is 2.37. The molecule has 0 atom stereocenters. The molecular weight excluding hydrogens is 328 g/mol. The second-order valence-corrected chi connectivity index (χ2v) is 12.9. The lowest BCUT2D eigenvalue weighted by molar-refractivity contribution is -0.140. The fourth-order valence-corrected chi connectivity index (χ4v) is 2.87. The number of esters is 1. The summed E-state index contributed by atoms with van der Waals surface area (Å²) in [4.78, 5) is 11.0. The maximum absolute atomic E-state index is 11.0. The van der Waals surface area contributed by atoms with Gasteiger partial charge in [0.2, 0.25) is 8.32 Å². The fraction of sp³-hybridized carbons (Fsp3) is 0.762. The molecule has 0 N–H and O–H groups in total. The van der Waals surface area contributed by atoms with Crippen molar-refractivity contribution in [2.75, 3.05) is 7.11 Å². The zero-order chi connectivity index (χ0) is 19.2. The van der Waals surface area contributed by atoms with Crippen LogP contribution in [0.2, 0.25) is 18.1 Å². The third-order valence-electron chi connectivity index (χ3n) is 4.93. The van der Waals surface area contributed by atoms with Crippen LogP contribution in [-0.2, 0) is 14.0 Å². The van der Waals surface area contributed by atoms with Gasteiger partial charge >= 0.3 is 5.97 Å². The molecule has 3 nitrogen and oxygen atoms in total. The summed E-state index contributed by atoms with van der Waals surface area (Å²) in [6.45, 7) is 11.3. The van der Waals surface area contributed by atoms with Gasteiger partial charge < -0.3 is 9.16 Å². The summed E-state index contributed by atoms with van der Waals surface area (Å²) in [6.07, 6.45) is 18.2. The van der Waals surface area contributed by atoms with Gasteiger partial charge in [-0.1, -0.05) is 58.6 Å². The van der Waals surface area contributed by atoms with Gasteiger partial charge in [-0.2, -0.15) is 0 Å². The molecule has 0 spiro atoms. The summed E-state index contributed by atoms with van der Waals surface area (Å²) in [7, 11) is -0.199. The molecule has 0 aromatic heterocycles. The average Bonchev–Trinajstić information content (AvgIpc) is 2.53. The molecule has 0 saturated carbocycles. The van der Waals surface area contributed by atoms with E-state index in [1.807, 2.05) is 6.26 Å². The van der Waals surface area contributed by atoms with Gasteiger partial charge in [0.15, 0.2) is 0 Å². The molecule has 0 bridgehead atoms. The van der Waals surface area contributed by atoms with Crippen LogP contribution in [0.15, 0.2) is 24.5 Å². The Bertz CT molecular complexity index is 406. The molecule has 0 aromatic carbocycles. The maximum atomic E-state index is 11.0. The van der Waals surface area contributed by atoms with Crippen molar-refractivity contribution in [3.05, 3.63) is 24.5 Å². The van der Waals surface area contributed by atoms with Gasteiger partial charge in [-0.05, 0) is 49.9 Å². The number of ether oxygens (including phenoxy) is 1. The number of carbonyl (C=O) groups is 1. The normalized spacial score (nSPS) is 12.9. The van der Waals surface area contributed by atoms with Crippen molar-refractivity contribution in [3.8, 4) is 0 Å². The lowest BCUT2D eigenvalue weighted by Crippen LogP contribution is -2.39. The number of methoxy groups -OCH3 is 1. The van der Waals surface area contributed by atoms with Crippen molar-refractivity contribution in [1.82, 2.24) is 0 Å². The van der Waals surface area contributed by atoms with Crippen molar-refractivity contribution in [1.29, 1.82) is 0 Å². The first-order chi connectivity index (χ1) is 11.7. The minimum absolute atomic E-state index is 0.0890. The lowest BCUT2D eigenvalue weighted by atomic mass is 10.1. The molecule has 0 rings (SSSR count). The van der Waals surface area contributed by atoms with Crippen LogP contribution in [0.5, 0.6) is 0 Å². The van der Waals surface area contributed by atoms with E-state index in [1.54, 1.807) is 0 Å². The Morgan fingerprint density at radius 1 is 0.920 bits per heavy atom. The van der Waals surface area contributed by atoms with Gasteiger partial charge in [0.1, 0.15) is 0 Å². The first-order valence-electron chi connectivity index (χ1n) is 9.75. The summed E-state index contributed by atoms with van der Waals surface area (Å²) >= 11 is 0. The molecule has 4 heteroatoms. The Morgan fingerprint density at radius 2 is 1.52 bits per heavy atom. The van der Waals surface area contributed by atoms with Gasteiger partial charge in [0.05, 0.1) is 13.4 Å². The largest absolute Gasteiger partial charge is 0.549 e. The topological polar surface area (TPSA) is 35.5 Å². The standard InChI is InChI=1S/C21H40O3Si/c1-21(2,3)25(5,6)24-19-17-15-13-11-9-7-8-10-12-14-16-18-20(22)23-4/h11,13,17,19H,7-10,12,14-16,18H2,1-6H3/b13-11+,19-17+. The Labute approximate surface area is 157 Å². The predicted octanol–water partition coefficient (Wildman–Crippen LogP) is 6.76. The van der Waals surface area contributed by atoms with Crippen LogP contribution in [0.1, 0.15) is 78.6 Å². The summed E-state index contributed by atoms with van der Waals surface area (Å²) < 4.78 is 10.6. The lowest BCUT2D eigenvalue weighted by Gasteiger charge is -2.34. The van der Waals surface area contributed by atoms with Crippen LogP contribution in [0, 0.1) is 0 Å². The van der Waals surface area contributed by atoms with Gasteiger partial charge in [-0.15, -0.1) is 0 Å². The Kier molecular flexibility index (Phi) is 12.7. The first kappa shape index (κ1) is 24.0. The van der Waals surface area contributed by atoms with Gasteiger partial charge in [-0.3, -0.25) is 4.79 Å². The van der Waals surface area contributed by atoms with Crippen LogP contribution in [0.3, 0.4) is 0 Å². The van der Waals surface area contributed by atoms with E-state index in [4.69, 9.17) is 4.43 Å². The maximum Gasteiger partial charge on any atom is 0.305 e. The van der Waals surface area contributed by atoms with Crippen LogP contribution in [0.4, 0.5) is 0 Å². The number of carbonyl (C=O) groups excluding carboxylic acids is 1. The molecule has 0 aromatic rings. The summed E-state index contributed by atoms with van der Waals surface area (Å²) in [5.74, 6) is -0.0890. The highest BCUT2D eigenvalue weighted by Crippen LogP contribution is 2.36. The number of rotatable bonds is 13. The molecule has 0 aliphatic carbocycles. The van der Waals surface area contributed by atoms with E-state index in [1.165, 1.54) is 32.8 Å². The number of hydrogen-bond acceptors (Lipinski definition) is 3. The monoisotopic (exact) mass is 368 g/mol. The molecule has 25 heavy (non-hydrogen) atoms. The number of unbranched alkanes of at least 4 members (excludes halogenated alkanes) is 6. The van der Waals surface area contributed by atoms with E-state index in [9.17, 15) is 4.79 Å². The second-order valence-electron chi connectivity index (χ2n) is 8.19. The van der Waals surface area contributed by atoms with E-state index >= 15 is 0 Å². The highest BCUT2D eigenvalue weighted by atomic mass is 28.4. The Hall–Kier alpha value is -1.03. The summed E-state index contributed by atoms with van der Waals surface area (Å²) in [5.41, 5.74) is 0. The van der Waals surface area contributed by atoms with Gasteiger partial charge in [0, 0.05) is 6.42 Å². The molecule has 0 amide bonds. The van der Waals surface area contributed by atoms with Crippen LogP contribution >= 0.6 is 0 Å². The zero-order valence-electron chi connectivity index (χ0n) is 17.4. The summed E-state index contributed by atoms with van der Waals surface area (Å²) in [6, 6.07) is 0. The third kappa shape index (κ3) is 12.9. The SMILES string of the molecule is COC(=O)CCCCCCCC/C=C/C/C=C/O[Si](C)(C)C(C)(C)C. The van der Waals surface area contributed by atoms with E-state index in [-0.39, 0.29) is 11.0 Å². The molecule has 0 heterocycles. The van der Waals surface area contributed by atoms with Gasteiger partial charge in [0.25, 0.3) is 0 Å². The predicted molar refractivity (Wildman–Crippen MR) is 110 cm³/mol. The third-order valence-corrected chi connectivity index (χ3v) is 9.27. The second kappa shape index (κ2) is 13.2. The molecule has 0 unspecified atom stereocenters. The van der Waals surface area contributed by atoms with E-state index in [0.29, 0.717) is 6.42 Å². The van der Waals surface area contributed by atoms with Crippen molar-refractivity contribution in [3.63, 3.8) is 0 Å². The van der Waals surface area contributed by atoms with Crippen molar-refractivity contribution in [2.24, 2.45) is 0 Å². The zero-order valence-corrected chi connectivity index (χ0v) is 18.4. The van der Waals surface area contributed by atoms with Gasteiger partial charge in [-0.25, -0.2) is 0 Å². The Balaban J connectivity index is 3.53. The summed E-state index contributed by atoms with van der Waals surface area (Å²) in [5, 5.41) is 0.256. The first-order valence-corrected chi connectivity index (χ1v) is 12.7. The van der Waals surface area contributed by atoms with Crippen molar-refractivity contribution in [2.45, 2.75) is 96.7 Å². The molecule has 0 radical (unpaired) electrons. The molecule has 0 aliphatic heterocycles. The van der Waals surface area contributed by atoms with E-state index in [2.05, 4.69) is 56.8 Å². The Morgan fingerprint density at radius 3 is 2.12 bits per heavy atom. The average molecular weight is 369 g/mol. The molecule has 0 saturated heterocycles. The molecule has 0 fully saturated rings. The minimum Gasteiger partial charge on any atom is -0.549 e. The number of allylic oxidation sites excluding steroid dienone is 3. The molecule has 146 valence electrons. The fourth-order valence-electron chi connectivity index (χ4n) is 2.08. The molecule has 0 aliphatic rings. The van der Waals surface area contributed by atoms with Crippen LogP contribution in [0.25, 0.3) is 0 Å². The van der Waals surface area contributed by atoms with Crippen LogP contribution in [-0.4, -0.2) is 21.4 Å². The minimum atomic E-state index is -1.65. The number of hydrogen-bond donors (Lipinski definition) is 0. The van der Waals surface area contributed by atoms with E-state index in [0.717, 1.165) is 25.7 Å². The quantitative estimate of drug-likeness (QED) is 0.118. The van der Waals surface area contributed by atoms with Crippen LogP contribution < -0.4 is 0 Å². The highest BCUT2D eigenvalue weighted by molar-refractivity contribution is 6.74.